The van der Waals surface area contributed by atoms with Crippen LogP contribution in [0.5, 0.6) is 5.75 Å². The predicted octanol–water partition coefficient (Wildman–Crippen LogP) is 7.74. The summed E-state index contributed by atoms with van der Waals surface area (Å²) in [6.07, 6.45) is 19.1. The van der Waals surface area contributed by atoms with Crippen LogP contribution in [0.2, 0.25) is 0 Å². The first-order chi connectivity index (χ1) is 13.3. The minimum atomic E-state index is 0.813. The van der Waals surface area contributed by atoms with Crippen molar-refractivity contribution >= 4 is 0 Å². The molecular formula is C26H40O. The Bertz CT molecular complexity index is 562. The lowest BCUT2D eigenvalue weighted by Crippen LogP contribution is -2.23. The molecule has 0 heterocycles. The number of rotatable bonds is 9. The molecule has 1 aromatic carbocycles. The van der Waals surface area contributed by atoms with Gasteiger partial charge in [-0.25, -0.2) is 0 Å². The van der Waals surface area contributed by atoms with Gasteiger partial charge in [0.25, 0.3) is 0 Å². The molecule has 0 N–H and O–H groups in total. The van der Waals surface area contributed by atoms with E-state index in [1.54, 1.807) is 5.57 Å². The van der Waals surface area contributed by atoms with E-state index < -0.39 is 0 Å². The highest BCUT2D eigenvalue weighted by Crippen LogP contribution is 2.41. The lowest BCUT2D eigenvalue weighted by Gasteiger charge is -2.35. The monoisotopic (exact) mass is 368 g/mol. The molecule has 1 nitrogen and oxygen atoms in total. The molecular weight excluding hydrogens is 328 g/mol. The average molecular weight is 369 g/mol. The maximum absolute atomic E-state index is 5.68. The molecule has 0 saturated heterocycles. The van der Waals surface area contributed by atoms with Gasteiger partial charge in [-0.3, -0.25) is 0 Å². The normalized spacial score (nSPS) is 25.9. The summed E-state index contributed by atoms with van der Waals surface area (Å²) in [5.41, 5.74) is 3.15. The standard InChI is InChI=1S/C26H40O/c1-3-5-21-8-14-24(15-9-21)25-16-10-22(11-17-25)6-7-23-12-18-26(19-13-23)27-20-4-2/h10,12-13,18-19,21,24-25H,3-9,11,14-17,20H2,1-2H3/t21-,24-,25?. The zero-order valence-corrected chi connectivity index (χ0v) is 17.7. The van der Waals surface area contributed by atoms with E-state index in [1.165, 1.54) is 76.2 Å². The molecule has 1 aromatic rings. The van der Waals surface area contributed by atoms with Crippen molar-refractivity contribution in [1.82, 2.24) is 0 Å². The fourth-order valence-electron chi connectivity index (χ4n) is 5.20. The number of ether oxygens (including phenoxy) is 1. The van der Waals surface area contributed by atoms with Crippen molar-refractivity contribution in [2.45, 2.75) is 90.9 Å². The van der Waals surface area contributed by atoms with E-state index >= 15 is 0 Å². The summed E-state index contributed by atoms with van der Waals surface area (Å²) in [4.78, 5) is 0. The maximum atomic E-state index is 5.68. The van der Waals surface area contributed by atoms with E-state index in [-0.39, 0.29) is 0 Å². The maximum Gasteiger partial charge on any atom is 0.119 e. The van der Waals surface area contributed by atoms with Crippen LogP contribution in [-0.2, 0) is 6.42 Å². The molecule has 2 aliphatic rings. The van der Waals surface area contributed by atoms with E-state index in [0.717, 1.165) is 36.5 Å². The first kappa shape index (κ1) is 20.5. The second kappa shape index (κ2) is 10.9. The van der Waals surface area contributed by atoms with Gasteiger partial charge in [0, 0.05) is 0 Å². The first-order valence-electron chi connectivity index (χ1n) is 11.7. The number of aryl methyl sites for hydroxylation is 1. The van der Waals surface area contributed by atoms with E-state index in [1.807, 2.05) is 0 Å². The van der Waals surface area contributed by atoms with Gasteiger partial charge in [-0.15, -0.1) is 0 Å². The van der Waals surface area contributed by atoms with E-state index in [2.05, 4.69) is 44.2 Å². The van der Waals surface area contributed by atoms with Crippen molar-refractivity contribution in [2.75, 3.05) is 6.61 Å². The van der Waals surface area contributed by atoms with Gasteiger partial charge in [0.15, 0.2) is 0 Å². The number of allylic oxidation sites excluding steroid dienone is 2. The first-order valence-corrected chi connectivity index (χ1v) is 11.7. The Kier molecular flexibility index (Phi) is 8.30. The van der Waals surface area contributed by atoms with Gasteiger partial charge in [-0.2, -0.15) is 0 Å². The predicted molar refractivity (Wildman–Crippen MR) is 116 cm³/mol. The van der Waals surface area contributed by atoms with Crippen LogP contribution >= 0.6 is 0 Å². The van der Waals surface area contributed by atoms with Gasteiger partial charge in [-0.1, -0.05) is 63.3 Å². The van der Waals surface area contributed by atoms with Crippen LogP contribution in [-0.4, -0.2) is 6.61 Å². The van der Waals surface area contributed by atoms with Gasteiger partial charge >= 0.3 is 0 Å². The second-order valence-corrected chi connectivity index (χ2v) is 8.96. The molecule has 1 fully saturated rings. The van der Waals surface area contributed by atoms with Crippen molar-refractivity contribution in [3.63, 3.8) is 0 Å². The SMILES string of the molecule is CCCOc1ccc(CCC2=CCC([C@H]3CC[C@H](CCC)CC3)CC2)cc1. The Labute approximate surface area is 167 Å². The lowest BCUT2D eigenvalue weighted by molar-refractivity contribution is 0.186. The highest BCUT2D eigenvalue weighted by Gasteiger charge is 2.28. The lowest BCUT2D eigenvalue weighted by atomic mass is 9.70. The summed E-state index contributed by atoms with van der Waals surface area (Å²) in [5, 5.41) is 0. The molecule has 0 amide bonds. The number of hydrogen-bond donors (Lipinski definition) is 0. The largest absolute Gasteiger partial charge is 0.494 e. The summed E-state index contributed by atoms with van der Waals surface area (Å²) < 4.78 is 5.68. The topological polar surface area (TPSA) is 9.23 Å². The summed E-state index contributed by atoms with van der Waals surface area (Å²) in [5.74, 6) is 4.05. The Morgan fingerprint density at radius 1 is 0.852 bits per heavy atom. The molecule has 27 heavy (non-hydrogen) atoms. The molecule has 0 aromatic heterocycles. The van der Waals surface area contributed by atoms with E-state index in [9.17, 15) is 0 Å². The Morgan fingerprint density at radius 2 is 1.63 bits per heavy atom. The summed E-state index contributed by atoms with van der Waals surface area (Å²) in [6, 6.07) is 8.74. The van der Waals surface area contributed by atoms with Gasteiger partial charge < -0.3 is 4.74 Å². The van der Waals surface area contributed by atoms with Crippen LogP contribution in [0.1, 0.15) is 90.0 Å². The van der Waals surface area contributed by atoms with Crippen molar-refractivity contribution in [2.24, 2.45) is 17.8 Å². The molecule has 1 unspecified atom stereocenters. The second-order valence-electron chi connectivity index (χ2n) is 8.96. The number of hydrogen-bond acceptors (Lipinski definition) is 1. The Hall–Kier alpha value is -1.24. The Morgan fingerprint density at radius 3 is 2.26 bits per heavy atom. The van der Waals surface area contributed by atoms with Crippen LogP contribution < -0.4 is 4.74 Å². The molecule has 1 saturated carbocycles. The number of benzene rings is 1. The van der Waals surface area contributed by atoms with Crippen molar-refractivity contribution in [3.05, 3.63) is 41.5 Å². The molecule has 1 atom stereocenters. The highest BCUT2D eigenvalue weighted by molar-refractivity contribution is 5.28. The van der Waals surface area contributed by atoms with Crippen LogP contribution in [0.3, 0.4) is 0 Å². The Balaban J connectivity index is 1.39. The summed E-state index contributed by atoms with van der Waals surface area (Å²) in [7, 11) is 0. The van der Waals surface area contributed by atoms with Crippen LogP contribution in [0.15, 0.2) is 35.9 Å². The molecule has 3 rings (SSSR count). The molecule has 0 bridgehead atoms. The van der Waals surface area contributed by atoms with Crippen LogP contribution in [0, 0.1) is 17.8 Å². The zero-order chi connectivity index (χ0) is 18.9. The molecule has 2 aliphatic carbocycles. The fraction of sp³-hybridized carbons (Fsp3) is 0.692. The van der Waals surface area contributed by atoms with E-state index in [4.69, 9.17) is 4.74 Å². The van der Waals surface area contributed by atoms with Crippen LogP contribution in [0.25, 0.3) is 0 Å². The summed E-state index contributed by atoms with van der Waals surface area (Å²) in [6.45, 7) is 5.30. The van der Waals surface area contributed by atoms with Gasteiger partial charge in [0.1, 0.15) is 5.75 Å². The third kappa shape index (κ3) is 6.40. The summed E-state index contributed by atoms with van der Waals surface area (Å²) >= 11 is 0. The van der Waals surface area contributed by atoms with Crippen molar-refractivity contribution in [3.8, 4) is 5.75 Å². The molecule has 150 valence electrons. The van der Waals surface area contributed by atoms with Gasteiger partial charge in [-0.05, 0) is 86.8 Å². The molecule has 0 spiro atoms. The van der Waals surface area contributed by atoms with Crippen molar-refractivity contribution in [1.29, 1.82) is 0 Å². The zero-order valence-electron chi connectivity index (χ0n) is 17.7. The minimum absolute atomic E-state index is 0.813. The smallest absolute Gasteiger partial charge is 0.119 e. The average Bonchev–Trinajstić information content (AvgIpc) is 2.73. The minimum Gasteiger partial charge on any atom is -0.494 e. The van der Waals surface area contributed by atoms with E-state index in [0.29, 0.717) is 0 Å². The molecule has 0 aliphatic heterocycles. The third-order valence-electron chi connectivity index (χ3n) is 6.93. The molecule has 0 radical (unpaired) electrons. The van der Waals surface area contributed by atoms with Crippen molar-refractivity contribution < 1.29 is 4.74 Å². The van der Waals surface area contributed by atoms with Crippen LogP contribution in [0.4, 0.5) is 0 Å². The quantitative estimate of drug-likeness (QED) is 0.405. The van der Waals surface area contributed by atoms with Gasteiger partial charge in [0.2, 0.25) is 0 Å². The van der Waals surface area contributed by atoms with Gasteiger partial charge in [0.05, 0.1) is 6.61 Å². The third-order valence-corrected chi connectivity index (χ3v) is 6.93. The fourth-order valence-corrected chi connectivity index (χ4v) is 5.20. The highest BCUT2D eigenvalue weighted by atomic mass is 16.5. The molecule has 1 heteroatoms.